The molecule has 4 aromatic rings. The molecule has 5 rings (SSSR count). The minimum Gasteiger partial charge on any atom is -0.490 e. The fourth-order valence-corrected chi connectivity index (χ4v) is 4.96. The number of morpholine rings is 1. The zero-order valence-electron chi connectivity index (χ0n) is 21.2. The van der Waals surface area contributed by atoms with Crippen molar-refractivity contribution in [2.75, 3.05) is 18.0 Å². The topological polar surface area (TPSA) is 58.4 Å². The number of anilines is 1. The number of nitriles is 1. The van der Waals surface area contributed by atoms with Crippen LogP contribution in [-0.4, -0.2) is 36.4 Å². The van der Waals surface area contributed by atoms with Gasteiger partial charge in [-0.1, -0.05) is 36.4 Å². The highest BCUT2D eigenvalue weighted by atomic mass is 16.5. The van der Waals surface area contributed by atoms with Crippen LogP contribution >= 0.6 is 0 Å². The lowest BCUT2D eigenvalue weighted by atomic mass is 9.97. The molecule has 0 spiro atoms. The first-order valence-electron chi connectivity index (χ1n) is 12.5. The van der Waals surface area contributed by atoms with E-state index in [9.17, 15) is 0 Å². The second kappa shape index (κ2) is 10.0. The number of pyridine rings is 1. The van der Waals surface area contributed by atoms with Crippen LogP contribution in [0, 0.1) is 11.3 Å². The Labute approximate surface area is 212 Å². The molecule has 1 fully saturated rings. The van der Waals surface area contributed by atoms with Gasteiger partial charge in [0.15, 0.2) is 0 Å². The molecule has 2 heterocycles. The van der Waals surface area contributed by atoms with Gasteiger partial charge in [-0.25, -0.2) is 0 Å². The van der Waals surface area contributed by atoms with Crippen LogP contribution < -0.4 is 9.64 Å². The first kappa shape index (κ1) is 23.8. The number of ether oxygens (including phenoxy) is 2. The molecule has 1 aliphatic rings. The van der Waals surface area contributed by atoms with Gasteiger partial charge >= 0.3 is 0 Å². The average Bonchev–Trinajstić information content (AvgIpc) is 2.88. The van der Waals surface area contributed by atoms with E-state index in [-0.39, 0.29) is 18.3 Å². The molecular formula is C31H31N3O2. The summed E-state index contributed by atoms with van der Waals surface area (Å²) in [7, 11) is 0. The van der Waals surface area contributed by atoms with Crippen molar-refractivity contribution in [1.82, 2.24) is 4.98 Å². The number of hydrogen-bond acceptors (Lipinski definition) is 5. The van der Waals surface area contributed by atoms with E-state index >= 15 is 0 Å². The highest BCUT2D eigenvalue weighted by Crippen LogP contribution is 2.40. The van der Waals surface area contributed by atoms with Gasteiger partial charge in [-0.3, -0.25) is 4.98 Å². The lowest BCUT2D eigenvalue weighted by molar-refractivity contribution is -0.00521. The second-order valence-corrected chi connectivity index (χ2v) is 9.77. The number of fused-ring (bicyclic) bond motifs is 1. The van der Waals surface area contributed by atoms with Crippen molar-refractivity contribution in [3.63, 3.8) is 0 Å². The van der Waals surface area contributed by atoms with Crippen LogP contribution in [0.25, 0.3) is 33.2 Å². The molecule has 3 aromatic carbocycles. The standard InChI is InChI=1S/C31H31N3O2/c1-20(2)35-31-28-7-5-6-27(24-10-8-23(16-32)9-11-24)30(28)33-17-29(31)25-12-14-26(15-13-25)34-18-21(3)36-22(4)19-34/h5-15,17,20-22H,18-19H2,1-4H3. The summed E-state index contributed by atoms with van der Waals surface area (Å²) < 4.78 is 12.3. The fraction of sp³-hybridized carbons (Fsp3) is 0.290. The number of aromatic nitrogens is 1. The van der Waals surface area contributed by atoms with Crippen molar-refractivity contribution in [2.24, 2.45) is 0 Å². The van der Waals surface area contributed by atoms with Gasteiger partial charge in [0.05, 0.1) is 35.5 Å². The zero-order valence-corrected chi connectivity index (χ0v) is 21.2. The maximum atomic E-state index is 9.16. The van der Waals surface area contributed by atoms with Gasteiger partial charge < -0.3 is 14.4 Å². The molecule has 0 aliphatic carbocycles. The minimum atomic E-state index is 0.0171. The summed E-state index contributed by atoms with van der Waals surface area (Å²) in [6.07, 6.45) is 2.37. The van der Waals surface area contributed by atoms with Crippen LogP contribution in [0.4, 0.5) is 5.69 Å². The molecule has 36 heavy (non-hydrogen) atoms. The third kappa shape index (κ3) is 4.78. The molecule has 182 valence electrons. The Morgan fingerprint density at radius 3 is 2.19 bits per heavy atom. The number of nitrogens with zero attached hydrogens (tertiary/aromatic N) is 3. The van der Waals surface area contributed by atoms with E-state index in [0.717, 1.165) is 52.0 Å². The van der Waals surface area contributed by atoms with Crippen LogP contribution in [-0.2, 0) is 4.74 Å². The van der Waals surface area contributed by atoms with E-state index in [2.05, 4.69) is 61.2 Å². The Hall–Kier alpha value is -3.88. The smallest absolute Gasteiger partial charge is 0.138 e. The van der Waals surface area contributed by atoms with Crippen molar-refractivity contribution in [3.8, 4) is 34.1 Å². The Morgan fingerprint density at radius 2 is 1.56 bits per heavy atom. The number of rotatable bonds is 5. The number of para-hydroxylation sites is 1. The second-order valence-electron chi connectivity index (χ2n) is 9.77. The monoisotopic (exact) mass is 477 g/mol. The Morgan fingerprint density at radius 1 is 0.917 bits per heavy atom. The Bertz CT molecular complexity index is 1400. The van der Waals surface area contributed by atoms with E-state index < -0.39 is 0 Å². The molecule has 2 atom stereocenters. The average molecular weight is 478 g/mol. The first-order valence-corrected chi connectivity index (χ1v) is 12.5. The lowest BCUT2D eigenvalue weighted by Gasteiger charge is -2.36. The van der Waals surface area contributed by atoms with Gasteiger partial charge in [0, 0.05) is 41.5 Å². The third-order valence-corrected chi connectivity index (χ3v) is 6.49. The summed E-state index contributed by atoms with van der Waals surface area (Å²) in [5, 5.41) is 10.1. The Kier molecular flexibility index (Phi) is 6.63. The van der Waals surface area contributed by atoms with Gasteiger partial charge in [-0.15, -0.1) is 0 Å². The van der Waals surface area contributed by atoms with Gasteiger partial charge in [0.25, 0.3) is 0 Å². The normalized spacial score (nSPS) is 17.8. The van der Waals surface area contributed by atoms with Gasteiger partial charge in [-0.2, -0.15) is 5.26 Å². The summed E-state index contributed by atoms with van der Waals surface area (Å²) in [5.74, 6) is 0.840. The van der Waals surface area contributed by atoms with Gasteiger partial charge in [0.2, 0.25) is 0 Å². The third-order valence-electron chi connectivity index (χ3n) is 6.49. The molecule has 1 aliphatic heterocycles. The molecule has 5 nitrogen and oxygen atoms in total. The summed E-state index contributed by atoms with van der Waals surface area (Å²) in [6.45, 7) is 10.1. The van der Waals surface area contributed by atoms with Crippen LogP contribution in [0.5, 0.6) is 5.75 Å². The molecule has 1 saturated heterocycles. The quantitative estimate of drug-likeness (QED) is 0.315. The summed E-state index contributed by atoms with van der Waals surface area (Å²) in [5.41, 5.74) is 6.81. The predicted molar refractivity (Wildman–Crippen MR) is 145 cm³/mol. The summed E-state index contributed by atoms with van der Waals surface area (Å²) in [4.78, 5) is 7.29. The SMILES string of the molecule is CC(C)Oc1c(-c2ccc(N3CC(C)OC(C)C3)cc2)cnc2c(-c3ccc(C#N)cc3)cccc12. The largest absolute Gasteiger partial charge is 0.490 e. The first-order chi connectivity index (χ1) is 17.4. The molecule has 0 radical (unpaired) electrons. The highest BCUT2D eigenvalue weighted by Gasteiger charge is 2.23. The molecule has 5 heteroatoms. The molecule has 0 N–H and O–H groups in total. The van der Waals surface area contributed by atoms with E-state index in [1.54, 1.807) is 0 Å². The van der Waals surface area contributed by atoms with Crippen molar-refractivity contribution in [3.05, 3.63) is 78.5 Å². The zero-order chi connectivity index (χ0) is 25.2. The van der Waals surface area contributed by atoms with Gasteiger partial charge in [-0.05, 0) is 69.2 Å². The van der Waals surface area contributed by atoms with Crippen molar-refractivity contribution in [1.29, 1.82) is 5.26 Å². The van der Waals surface area contributed by atoms with Gasteiger partial charge in [0.1, 0.15) is 5.75 Å². The molecule has 1 aromatic heterocycles. The predicted octanol–water partition coefficient (Wildman–Crippen LogP) is 6.84. The van der Waals surface area contributed by atoms with Crippen LogP contribution in [0.1, 0.15) is 33.3 Å². The molecular weight excluding hydrogens is 446 g/mol. The lowest BCUT2D eigenvalue weighted by Crippen LogP contribution is -2.45. The number of benzene rings is 3. The van der Waals surface area contributed by atoms with Crippen molar-refractivity contribution < 1.29 is 9.47 Å². The van der Waals surface area contributed by atoms with Crippen LogP contribution in [0.3, 0.4) is 0 Å². The van der Waals surface area contributed by atoms with E-state index in [4.69, 9.17) is 19.7 Å². The minimum absolute atomic E-state index is 0.0171. The van der Waals surface area contributed by atoms with E-state index in [1.165, 1.54) is 5.69 Å². The maximum absolute atomic E-state index is 9.16. The van der Waals surface area contributed by atoms with Crippen LogP contribution in [0.15, 0.2) is 72.9 Å². The van der Waals surface area contributed by atoms with Crippen LogP contribution in [0.2, 0.25) is 0 Å². The Balaban J connectivity index is 1.56. The highest BCUT2D eigenvalue weighted by molar-refractivity contribution is 6.00. The molecule has 0 bridgehead atoms. The van der Waals surface area contributed by atoms with Crippen molar-refractivity contribution >= 4 is 16.6 Å². The van der Waals surface area contributed by atoms with E-state index in [1.807, 2.05) is 50.4 Å². The molecule has 0 saturated carbocycles. The molecule has 0 amide bonds. The van der Waals surface area contributed by atoms with E-state index in [0.29, 0.717) is 5.56 Å². The molecule has 2 unspecified atom stereocenters. The summed E-state index contributed by atoms with van der Waals surface area (Å²) in [6, 6.07) is 24.6. The fourth-order valence-electron chi connectivity index (χ4n) is 4.96. The maximum Gasteiger partial charge on any atom is 0.138 e. The number of hydrogen-bond donors (Lipinski definition) is 0. The van der Waals surface area contributed by atoms with Crippen molar-refractivity contribution in [2.45, 2.75) is 46.0 Å². The summed E-state index contributed by atoms with van der Waals surface area (Å²) >= 11 is 0.